The molecule has 0 fully saturated rings. The SMILES string of the molecule is CCC1Oc2cccc(-c3ccccc3NC(N)=O)c2N=C1N. The van der Waals surface area contributed by atoms with E-state index in [1.54, 1.807) is 6.07 Å². The molecule has 1 aliphatic rings. The van der Waals surface area contributed by atoms with E-state index in [1.165, 1.54) is 0 Å². The van der Waals surface area contributed by atoms with E-state index in [0.29, 0.717) is 23.0 Å². The minimum Gasteiger partial charge on any atom is -0.480 e. The van der Waals surface area contributed by atoms with Crippen molar-refractivity contribution in [2.24, 2.45) is 16.5 Å². The summed E-state index contributed by atoms with van der Waals surface area (Å²) < 4.78 is 5.91. The van der Waals surface area contributed by atoms with Crippen molar-refractivity contribution in [1.82, 2.24) is 0 Å². The first kappa shape index (κ1) is 14.9. The Hall–Kier alpha value is -3.02. The predicted octanol–water partition coefficient (Wildman–Crippen LogP) is 3.00. The lowest BCUT2D eigenvalue weighted by Gasteiger charge is -2.25. The average molecular weight is 310 g/mol. The number of fused-ring (bicyclic) bond motifs is 1. The molecule has 118 valence electrons. The van der Waals surface area contributed by atoms with Crippen LogP contribution in [0.5, 0.6) is 5.75 Å². The fourth-order valence-electron chi connectivity index (χ4n) is 2.62. The van der Waals surface area contributed by atoms with Crippen LogP contribution in [0.3, 0.4) is 0 Å². The number of aliphatic imine (C=N–C) groups is 1. The lowest BCUT2D eigenvalue weighted by Crippen LogP contribution is -2.35. The van der Waals surface area contributed by atoms with Gasteiger partial charge in [-0.15, -0.1) is 0 Å². The molecule has 1 aliphatic heterocycles. The highest BCUT2D eigenvalue weighted by Crippen LogP contribution is 2.43. The topological polar surface area (TPSA) is 103 Å². The van der Waals surface area contributed by atoms with Gasteiger partial charge in [0, 0.05) is 11.1 Å². The highest BCUT2D eigenvalue weighted by Gasteiger charge is 2.23. The Bertz CT molecular complexity index is 786. The summed E-state index contributed by atoms with van der Waals surface area (Å²) in [6, 6.07) is 12.4. The first-order valence-corrected chi connectivity index (χ1v) is 7.39. The van der Waals surface area contributed by atoms with E-state index >= 15 is 0 Å². The van der Waals surface area contributed by atoms with Gasteiger partial charge in [0.05, 0.1) is 5.69 Å². The Morgan fingerprint density at radius 3 is 2.70 bits per heavy atom. The number of nitrogens with one attached hydrogen (secondary N) is 1. The van der Waals surface area contributed by atoms with Gasteiger partial charge in [-0.2, -0.15) is 0 Å². The zero-order valence-electron chi connectivity index (χ0n) is 12.7. The third-order valence-corrected chi connectivity index (χ3v) is 3.68. The first-order chi connectivity index (χ1) is 11.1. The molecule has 0 saturated heterocycles. The minimum absolute atomic E-state index is 0.211. The number of hydrogen-bond acceptors (Lipinski definition) is 4. The largest absolute Gasteiger partial charge is 0.480 e. The fourth-order valence-corrected chi connectivity index (χ4v) is 2.62. The molecule has 5 N–H and O–H groups in total. The number of anilines is 1. The van der Waals surface area contributed by atoms with E-state index in [1.807, 2.05) is 43.3 Å². The molecule has 1 heterocycles. The zero-order valence-corrected chi connectivity index (χ0v) is 12.7. The van der Waals surface area contributed by atoms with Gasteiger partial charge >= 0.3 is 6.03 Å². The number of carbonyl (C=O) groups is 1. The van der Waals surface area contributed by atoms with Crippen molar-refractivity contribution >= 4 is 23.2 Å². The van der Waals surface area contributed by atoms with Gasteiger partial charge in [-0.25, -0.2) is 9.79 Å². The highest BCUT2D eigenvalue weighted by atomic mass is 16.5. The Balaban J connectivity index is 2.13. The van der Waals surface area contributed by atoms with Gasteiger partial charge in [0.1, 0.15) is 17.3 Å². The van der Waals surface area contributed by atoms with Crippen LogP contribution in [0.15, 0.2) is 47.5 Å². The molecule has 0 bridgehead atoms. The van der Waals surface area contributed by atoms with Crippen LogP contribution in [0.1, 0.15) is 13.3 Å². The first-order valence-electron chi connectivity index (χ1n) is 7.39. The van der Waals surface area contributed by atoms with Gasteiger partial charge in [0.15, 0.2) is 6.10 Å². The number of nitrogens with zero attached hydrogens (tertiary/aromatic N) is 1. The van der Waals surface area contributed by atoms with E-state index < -0.39 is 6.03 Å². The molecule has 3 rings (SSSR count). The summed E-state index contributed by atoms with van der Waals surface area (Å²) in [7, 11) is 0. The van der Waals surface area contributed by atoms with Crippen molar-refractivity contribution in [2.45, 2.75) is 19.4 Å². The summed E-state index contributed by atoms with van der Waals surface area (Å²) in [6.45, 7) is 1.99. The van der Waals surface area contributed by atoms with Crippen molar-refractivity contribution in [1.29, 1.82) is 0 Å². The van der Waals surface area contributed by atoms with Crippen molar-refractivity contribution < 1.29 is 9.53 Å². The summed E-state index contributed by atoms with van der Waals surface area (Å²) in [5, 5.41) is 2.63. The average Bonchev–Trinajstić information content (AvgIpc) is 2.54. The number of carbonyl (C=O) groups excluding carboxylic acids is 1. The van der Waals surface area contributed by atoms with E-state index in [-0.39, 0.29) is 6.10 Å². The lowest BCUT2D eigenvalue weighted by atomic mass is 10.0. The molecule has 6 nitrogen and oxygen atoms in total. The Morgan fingerprint density at radius 1 is 1.22 bits per heavy atom. The summed E-state index contributed by atoms with van der Waals surface area (Å²) in [6.07, 6.45) is 0.537. The summed E-state index contributed by atoms with van der Waals surface area (Å²) >= 11 is 0. The van der Waals surface area contributed by atoms with Crippen molar-refractivity contribution in [3.05, 3.63) is 42.5 Å². The molecule has 0 spiro atoms. The molecule has 0 radical (unpaired) electrons. The number of benzene rings is 2. The number of amidine groups is 1. The van der Waals surface area contributed by atoms with Crippen molar-refractivity contribution in [2.75, 3.05) is 5.32 Å². The Labute approximate surface area is 134 Å². The fraction of sp³-hybridized carbons (Fsp3) is 0.176. The quantitative estimate of drug-likeness (QED) is 0.811. The maximum atomic E-state index is 11.2. The van der Waals surface area contributed by atoms with Gasteiger partial charge in [-0.1, -0.05) is 37.3 Å². The van der Waals surface area contributed by atoms with Crippen molar-refractivity contribution in [3.8, 4) is 16.9 Å². The molecule has 2 aromatic rings. The molecule has 2 aromatic carbocycles. The van der Waals surface area contributed by atoms with Crippen LogP contribution in [0, 0.1) is 0 Å². The normalized spacial score (nSPS) is 16.0. The summed E-state index contributed by atoms with van der Waals surface area (Å²) in [4.78, 5) is 15.7. The molecule has 6 heteroatoms. The van der Waals surface area contributed by atoms with Gasteiger partial charge < -0.3 is 21.5 Å². The zero-order chi connectivity index (χ0) is 16.4. The van der Waals surface area contributed by atoms with Gasteiger partial charge in [-0.3, -0.25) is 0 Å². The van der Waals surface area contributed by atoms with Crippen LogP contribution >= 0.6 is 0 Å². The van der Waals surface area contributed by atoms with Crippen LogP contribution in [-0.4, -0.2) is 18.0 Å². The standard InChI is InChI=1S/C17H18N4O2/c1-2-13-16(18)21-15-11(7-5-9-14(15)23-13)10-6-3-4-8-12(10)20-17(19)22/h3-9,13H,2H2,1H3,(H2,18,21)(H3,19,20,22). The lowest BCUT2D eigenvalue weighted by molar-refractivity contribution is 0.257. The third-order valence-electron chi connectivity index (χ3n) is 3.68. The van der Waals surface area contributed by atoms with Crippen molar-refractivity contribution in [3.63, 3.8) is 0 Å². The molecule has 0 aromatic heterocycles. The molecule has 0 aliphatic carbocycles. The Kier molecular flexibility index (Phi) is 3.89. The van der Waals surface area contributed by atoms with Gasteiger partial charge in [-0.05, 0) is 18.6 Å². The number of hydrogen-bond donors (Lipinski definition) is 3. The van der Waals surface area contributed by atoms with Crippen LogP contribution in [-0.2, 0) is 0 Å². The number of nitrogens with two attached hydrogens (primary N) is 2. The van der Waals surface area contributed by atoms with Crippen LogP contribution in [0.4, 0.5) is 16.2 Å². The molecule has 0 saturated carbocycles. The number of amides is 2. The van der Waals surface area contributed by atoms with Crippen LogP contribution in [0.2, 0.25) is 0 Å². The molecular weight excluding hydrogens is 292 g/mol. The van der Waals surface area contributed by atoms with E-state index in [0.717, 1.165) is 17.5 Å². The van der Waals surface area contributed by atoms with Gasteiger partial charge in [0.2, 0.25) is 0 Å². The second-order valence-electron chi connectivity index (χ2n) is 5.24. The maximum absolute atomic E-state index is 11.2. The number of rotatable bonds is 3. The number of ether oxygens (including phenoxy) is 1. The molecule has 1 unspecified atom stereocenters. The smallest absolute Gasteiger partial charge is 0.316 e. The number of primary amides is 1. The monoisotopic (exact) mass is 310 g/mol. The van der Waals surface area contributed by atoms with E-state index in [4.69, 9.17) is 16.2 Å². The number of para-hydroxylation sites is 2. The van der Waals surface area contributed by atoms with E-state index in [9.17, 15) is 4.79 Å². The number of urea groups is 1. The maximum Gasteiger partial charge on any atom is 0.316 e. The molecule has 2 amide bonds. The summed E-state index contributed by atoms with van der Waals surface area (Å²) in [5.74, 6) is 1.13. The third kappa shape index (κ3) is 2.83. The predicted molar refractivity (Wildman–Crippen MR) is 91.1 cm³/mol. The molecule has 23 heavy (non-hydrogen) atoms. The molecule has 1 atom stereocenters. The van der Waals surface area contributed by atoms with Crippen LogP contribution in [0.25, 0.3) is 11.1 Å². The van der Waals surface area contributed by atoms with E-state index in [2.05, 4.69) is 10.3 Å². The Morgan fingerprint density at radius 2 is 1.96 bits per heavy atom. The second-order valence-corrected chi connectivity index (χ2v) is 5.24. The minimum atomic E-state index is -0.618. The molecular formula is C17H18N4O2. The van der Waals surface area contributed by atoms with Crippen LogP contribution < -0.4 is 21.5 Å². The second kappa shape index (κ2) is 6.00. The highest BCUT2D eigenvalue weighted by molar-refractivity contribution is 5.98. The van der Waals surface area contributed by atoms with Gasteiger partial charge in [0.25, 0.3) is 0 Å². The summed E-state index contributed by atoms with van der Waals surface area (Å²) in [5.41, 5.74) is 14.1.